The van der Waals surface area contributed by atoms with Crippen molar-refractivity contribution in [1.29, 1.82) is 0 Å². The predicted molar refractivity (Wildman–Crippen MR) is 149 cm³/mol. The number of aromatic amines is 2. The molecule has 0 fully saturated rings. The summed E-state index contributed by atoms with van der Waals surface area (Å²) in [4.78, 5) is 30.5. The molecule has 3 rings (SSSR count). The first kappa shape index (κ1) is 27.2. The molecule has 2 aliphatic heterocycles. The van der Waals surface area contributed by atoms with Gasteiger partial charge in [-0.3, -0.25) is 9.78 Å². The van der Waals surface area contributed by atoms with Crippen LogP contribution in [0.1, 0.15) is 110 Å². The van der Waals surface area contributed by atoms with Gasteiger partial charge in [0.1, 0.15) is 9.92 Å². The molecule has 0 radical (unpaired) electrons. The van der Waals surface area contributed by atoms with Crippen LogP contribution in [-0.4, -0.2) is 9.97 Å². The molecule has 0 atom stereocenters. The second-order valence-electron chi connectivity index (χ2n) is 8.85. The minimum absolute atomic E-state index is 0.291. The lowest BCUT2D eigenvalue weighted by Crippen LogP contribution is -2.23. The van der Waals surface area contributed by atoms with E-state index in [2.05, 4.69) is 22.3 Å². The van der Waals surface area contributed by atoms with Crippen LogP contribution in [0.25, 0.3) is 0 Å². The molecule has 0 aliphatic carbocycles. The third-order valence-electron chi connectivity index (χ3n) is 5.97. The fraction of sp³-hybridized carbons (Fsp3) is 0.680. The van der Waals surface area contributed by atoms with Crippen LogP contribution in [0.15, 0.2) is 38.3 Å². The summed E-state index contributed by atoms with van der Waals surface area (Å²) in [6.45, 7) is 2.28. The van der Waals surface area contributed by atoms with Gasteiger partial charge in [0.25, 0.3) is 5.56 Å². The zero-order valence-corrected chi connectivity index (χ0v) is 23.1. The van der Waals surface area contributed by atoms with Gasteiger partial charge in [-0.2, -0.15) is 0 Å². The van der Waals surface area contributed by atoms with Crippen molar-refractivity contribution in [3.63, 3.8) is 0 Å². The van der Waals surface area contributed by atoms with Crippen LogP contribution >= 0.6 is 47.0 Å². The van der Waals surface area contributed by atoms with Crippen molar-refractivity contribution < 1.29 is 0 Å². The minimum Gasteiger partial charge on any atom is -0.301 e. The molecule has 33 heavy (non-hydrogen) atoms. The summed E-state index contributed by atoms with van der Waals surface area (Å²) in [6.07, 6.45) is 22.1. The summed E-state index contributed by atoms with van der Waals surface area (Å²) >= 11 is 6.56. The molecule has 0 spiro atoms. The van der Waals surface area contributed by atoms with Gasteiger partial charge in [0.2, 0.25) is 0 Å². The molecule has 4 nitrogen and oxygen atoms in total. The maximum absolute atomic E-state index is 12.0. The Morgan fingerprint density at radius 1 is 0.667 bits per heavy atom. The molecule has 0 bridgehead atoms. The lowest BCUT2D eigenvalue weighted by atomic mass is 10.0. The monoisotopic (exact) mass is 526 g/mol. The normalized spacial score (nSPS) is 17.5. The van der Waals surface area contributed by atoms with Crippen LogP contribution in [0, 0.1) is 0 Å². The summed E-state index contributed by atoms with van der Waals surface area (Å²) in [6, 6.07) is 0. The molecule has 0 saturated carbocycles. The number of H-pyrrole nitrogens is 2. The molecule has 184 valence electrons. The topological polar surface area (TPSA) is 65.7 Å². The highest BCUT2D eigenvalue weighted by atomic mass is 32.2. The standard InChI is InChI=1S/C25H38N2O2S4/c1-2-3-4-5-6-7-8-9-10-11-12-13-14-15-16-17-19-18-30-23(31-19)24-32-20-21(28)26-25(29)27-22(20)33-24/h18H,2-17H2,1H3,(H2,26,27,28,29)/b24-23+. The molecule has 2 aliphatic rings. The average Bonchev–Trinajstić information content (AvgIpc) is 3.43. The van der Waals surface area contributed by atoms with Gasteiger partial charge in [-0.05, 0) is 23.2 Å². The van der Waals surface area contributed by atoms with E-state index in [0.717, 1.165) is 10.7 Å². The smallest absolute Gasteiger partial charge is 0.301 e. The summed E-state index contributed by atoms with van der Waals surface area (Å²) < 4.78 is 2.34. The summed E-state index contributed by atoms with van der Waals surface area (Å²) in [7, 11) is 0. The Kier molecular flexibility index (Phi) is 12.8. The predicted octanol–water partition coefficient (Wildman–Crippen LogP) is 8.97. The Bertz CT molecular complexity index is 920. The maximum atomic E-state index is 12.0. The zero-order valence-electron chi connectivity index (χ0n) is 19.8. The molecule has 2 N–H and O–H groups in total. The Labute approximate surface area is 215 Å². The lowest BCUT2D eigenvalue weighted by molar-refractivity contribution is 0.532. The highest BCUT2D eigenvalue weighted by Gasteiger charge is 2.27. The van der Waals surface area contributed by atoms with Gasteiger partial charge in [0.05, 0.1) is 8.47 Å². The number of allylic oxidation sites excluding steroid dienone is 1. The van der Waals surface area contributed by atoms with E-state index in [-0.39, 0.29) is 5.56 Å². The zero-order chi connectivity index (χ0) is 23.3. The maximum Gasteiger partial charge on any atom is 0.326 e. The average molecular weight is 527 g/mol. The quantitative estimate of drug-likeness (QED) is 0.165. The number of unbranched alkanes of at least 4 members (excludes halogenated alkanes) is 14. The van der Waals surface area contributed by atoms with Crippen LogP contribution in [0.4, 0.5) is 0 Å². The highest BCUT2D eigenvalue weighted by molar-refractivity contribution is 8.32. The largest absolute Gasteiger partial charge is 0.326 e. The Balaban J connectivity index is 1.18. The van der Waals surface area contributed by atoms with Gasteiger partial charge in [0.15, 0.2) is 0 Å². The van der Waals surface area contributed by atoms with Gasteiger partial charge >= 0.3 is 5.69 Å². The van der Waals surface area contributed by atoms with Crippen molar-refractivity contribution >= 4 is 47.0 Å². The van der Waals surface area contributed by atoms with Crippen LogP contribution in [0.2, 0.25) is 0 Å². The third kappa shape index (κ3) is 9.61. The molecular weight excluding hydrogens is 489 g/mol. The van der Waals surface area contributed by atoms with Crippen LogP contribution < -0.4 is 11.2 Å². The van der Waals surface area contributed by atoms with Crippen LogP contribution in [0.5, 0.6) is 0 Å². The summed E-state index contributed by atoms with van der Waals surface area (Å²) in [5.41, 5.74) is -0.724. The van der Waals surface area contributed by atoms with Crippen LogP contribution in [-0.2, 0) is 0 Å². The molecule has 0 saturated heterocycles. The number of thioether (sulfide) groups is 4. The molecule has 0 amide bonds. The van der Waals surface area contributed by atoms with Crippen molar-refractivity contribution in [2.45, 2.75) is 120 Å². The molecule has 1 aromatic heterocycles. The minimum atomic E-state index is -0.434. The van der Waals surface area contributed by atoms with E-state index in [0.29, 0.717) is 9.92 Å². The van der Waals surface area contributed by atoms with E-state index in [1.807, 2.05) is 11.8 Å². The van der Waals surface area contributed by atoms with Gasteiger partial charge < -0.3 is 4.98 Å². The first-order valence-corrected chi connectivity index (χ1v) is 16.0. The molecule has 3 heterocycles. The number of rotatable bonds is 16. The number of fused-ring (bicyclic) bond motifs is 1. The second-order valence-corrected chi connectivity index (χ2v) is 13.4. The molecule has 0 unspecified atom stereocenters. The number of aromatic nitrogens is 2. The van der Waals surface area contributed by atoms with E-state index in [1.165, 1.54) is 129 Å². The fourth-order valence-electron chi connectivity index (χ4n) is 4.06. The second kappa shape index (κ2) is 15.5. The van der Waals surface area contributed by atoms with E-state index < -0.39 is 5.69 Å². The fourth-order valence-corrected chi connectivity index (χ4v) is 9.19. The van der Waals surface area contributed by atoms with Crippen molar-refractivity contribution in [3.05, 3.63) is 39.6 Å². The summed E-state index contributed by atoms with van der Waals surface area (Å²) in [5.74, 6) is 0. The van der Waals surface area contributed by atoms with Gasteiger partial charge in [-0.15, -0.1) is 0 Å². The number of nitrogens with one attached hydrogen (secondary N) is 2. The number of hydrogen-bond donors (Lipinski definition) is 2. The van der Waals surface area contributed by atoms with Gasteiger partial charge in [-0.1, -0.05) is 144 Å². The first-order chi connectivity index (χ1) is 16.2. The Hall–Kier alpha value is -0.440. The lowest BCUT2D eigenvalue weighted by Gasteiger charge is -2.04. The van der Waals surface area contributed by atoms with Crippen molar-refractivity contribution in [1.82, 2.24) is 9.97 Å². The van der Waals surface area contributed by atoms with Gasteiger partial charge in [0, 0.05) is 0 Å². The van der Waals surface area contributed by atoms with Crippen LogP contribution in [0.3, 0.4) is 0 Å². The SMILES string of the molecule is CCCCCCCCCCCCCCCCCC1=CS/C(=C2\Sc3[nH]c(=O)[nH]c(=O)c3S2)S1. The molecule has 8 heteroatoms. The molecular formula is C25H38N2O2S4. The van der Waals surface area contributed by atoms with Crippen molar-refractivity contribution in [2.24, 2.45) is 0 Å². The Morgan fingerprint density at radius 3 is 1.85 bits per heavy atom. The van der Waals surface area contributed by atoms with E-state index in [9.17, 15) is 9.59 Å². The first-order valence-electron chi connectivity index (χ1n) is 12.7. The van der Waals surface area contributed by atoms with E-state index >= 15 is 0 Å². The summed E-state index contributed by atoms with van der Waals surface area (Å²) in [5, 5.41) is 2.93. The molecule has 1 aromatic rings. The Morgan fingerprint density at radius 2 is 1.24 bits per heavy atom. The van der Waals surface area contributed by atoms with E-state index in [1.54, 1.807) is 11.8 Å². The molecule has 0 aromatic carbocycles. The number of hydrogen-bond acceptors (Lipinski definition) is 6. The van der Waals surface area contributed by atoms with Crippen molar-refractivity contribution in [2.75, 3.05) is 0 Å². The third-order valence-corrected chi connectivity index (χ3v) is 11.5. The van der Waals surface area contributed by atoms with E-state index in [4.69, 9.17) is 0 Å². The van der Waals surface area contributed by atoms with Gasteiger partial charge in [-0.25, -0.2) is 4.79 Å². The highest BCUT2D eigenvalue weighted by Crippen LogP contribution is 2.57. The van der Waals surface area contributed by atoms with Crippen molar-refractivity contribution in [3.8, 4) is 0 Å².